The molecule has 0 bridgehead atoms. The summed E-state index contributed by atoms with van der Waals surface area (Å²) in [6.45, 7) is 0.817. The van der Waals surface area contributed by atoms with Gasteiger partial charge in [0.15, 0.2) is 0 Å². The van der Waals surface area contributed by atoms with Gasteiger partial charge in [0, 0.05) is 23.1 Å². The largest absolute Gasteiger partial charge is 0.409 e. The lowest BCUT2D eigenvalue weighted by Gasteiger charge is -2.16. The number of halogens is 2. The van der Waals surface area contributed by atoms with Crippen LogP contribution in [0, 0.1) is 5.41 Å². The van der Waals surface area contributed by atoms with Gasteiger partial charge in [-0.15, -0.1) is 0 Å². The van der Waals surface area contributed by atoms with E-state index in [2.05, 4.69) is 26.4 Å². The van der Waals surface area contributed by atoms with E-state index >= 15 is 0 Å². The van der Waals surface area contributed by atoms with E-state index in [9.17, 15) is 0 Å². The molecule has 0 saturated heterocycles. The summed E-state index contributed by atoms with van der Waals surface area (Å²) in [4.78, 5) is 0. The Kier molecular flexibility index (Phi) is 4.02. The number of rotatable bonds is 5. The van der Waals surface area contributed by atoms with Crippen LogP contribution < -0.4 is 11.1 Å². The van der Waals surface area contributed by atoms with Gasteiger partial charge in [0.25, 0.3) is 0 Å². The van der Waals surface area contributed by atoms with Crippen LogP contribution in [-0.4, -0.2) is 17.6 Å². The molecule has 2 rings (SSSR count). The lowest BCUT2D eigenvalue weighted by atomic mass is 10.0. The van der Waals surface area contributed by atoms with Crippen molar-refractivity contribution in [3.05, 3.63) is 27.7 Å². The number of benzene rings is 1. The number of oxime groups is 1. The van der Waals surface area contributed by atoms with E-state index < -0.39 is 0 Å². The summed E-state index contributed by atoms with van der Waals surface area (Å²) in [7, 11) is 0. The van der Waals surface area contributed by atoms with Crippen molar-refractivity contribution in [2.75, 3.05) is 11.9 Å². The third kappa shape index (κ3) is 3.29. The lowest BCUT2D eigenvalue weighted by molar-refractivity contribution is 0.315. The first-order valence-electron chi connectivity index (χ1n) is 5.70. The first kappa shape index (κ1) is 13.5. The molecule has 4 nitrogen and oxygen atoms in total. The van der Waals surface area contributed by atoms with Crippen molar-refractivity contribution in [2.24, 2.45) is 16.3 Å². The van der Waals surface area contributed by atoms with Crippen molar-refractivity contribution in [3.63, 3.8) is 0 Å². The van der Waals surface area contributed by atoms with Crippen molar-refractivity contribution >= 4 is 39.1 Å². The van der Waals surface area contributed by atoms with Crippen LogP contribution >= 0.6 is 27.5 Å². The molecule has 0 unspecified atom stereocenters. The van der Waals surface area contributed by atoms with Gasteiger partial charge in [-0.3, -0.25) is 0 Å². The predicted octanol–water partition coefficient (Wildman–Crippen LogP) is 3.43. The Morgan fingerprint density at radius 3 is 2.83 bits per heavy atom. The second kappa shape index (κ2) is 5.36. The van der Waals surface area contributed by atoms with Gasteiger partial charge in [0.1, 0.15) is 5.84 Å². The third-order valence-corrected chi connectivity index (χ3v) is 4.44. The fourth-order valence-electron chi connectivity index (χ4n) is 1.91. The van der Waals surface area contributed by atoms with Gasteiger partial charge in [-0.25, -0.2) is 0 Å². The summed E-state index contributed by atoms with van der Waals surface area (Å²) >= 11 is 9.33. The van der Waals surface area contributed by atoms with Crippen LogP contribution in [0.5, 0.6) is 0 Å². The van der Waals surface area contributed by atoms with Crippen LogP contribution in [0.15, 0.2) is 27.8 Å². The number of amidine groups is 1. The number of nitrogens with zero attached hydrogens (tertiary/aromatic N) is 1. The molecular weight excluding hydrogens is 318 g/mol. The lowest BCUT2D eigenvalue weighted by Crippen LogP contribution is -2.23. The Labute approximate surface area is 119 Å². The molecule has 1 aromatic rings. The molecule has 4 N–H and O–H groups in total. The van der Waals surface area contributed by atoms with Crippen LogP contribution in [0.1, 0.15) is 19.3 Å². The minimum Gasteiger partial charge on any atom is -0.409 e. The highest BCUT2D eigenvalue weighted by atomic mass is 79.9. The first-order chi connectivity index (χ1) is 8.54. The summed E-state index contributed by atoms with van der Waals surface area (Å²) < 4.78 is 0.871. The number of hydrogen-bond acceptors (Lipinski definition) is 3. The highest BCUT2D eigenvalue weighted by Gasteiger charge is 2.43. The van der Waals surface area contributed by atoms with Crippen LogP contribution in [0.25, 0.3) is 0 Å². The third-order valence-electron chi connectivity index (χ3n) is 3.23. The maximum absolute atomic E-state index is 8.60. The van der Waals surface area contributed by atoms with Gasteiger partial charge >= 0.3 is 0 Å². The Bertz CT molecular complexity index is 474. The average molecular weight is 333 g/mol. The average Bonchev–Trinajstić information content (AvgIpc) is 3.11. The zero-order chi connectivity index (χ0) is 13.2. The molecule has 1 fully saturated rings. The van der Waals surface area contributed by atoms with E-state index in [4.69, 9.17) is 22.5 Å². The van der Waals surface area contributed by atoms with Gasteiger partial charge in [0.2, 0.25) is 0 Å². The number of nitrogens with one attached hydrogen (secondary N) is 1. The molecular formula is C12H15BrClN3O. The van der Waals surface area contributed by atoms with Crippen molar-refractivity contribution in [2.45, 2.75) is 19.3 Å². The molecule has 1 aromatic carbocycles. The van der Waals surface area contributed by atoms with Crippen LogP contribution in [0.4, 0.5) is 5.69 Å². The van der Waals surface area contributed by atoms with Crippen LogP contribution in [0.3, 0.4) is 0 Å². The number of nitrogens with two attached hydrogens (primary N) is 1. The molecule has 0 aromatic heterocycles. The van der Waals surface area contributed by atoms with E-state index in [0.29, 0.717) is 17.3 Å². The van der Waals surface area contributed by atoms with E-state index in [0.717, 1.165) is 29.5 Å². The molecule has 18 heavy (non-hydrogen) atoms. The Morgan fingerprint density at radius 1 is 1.56 bits per heavy atom. The maximum atomic E-state index is 8.60. The molecule has 1 aliphatic carbocycles. The second-order valence-corrected chi connectivity index (χ2v) is 6.01. The monoisotopic (exact) mass is 331 g/mol. The molecule has 1 saturated carbocycles. The smallest absolute Gasteiger partial charge is 0.139 e. The summed E-state index contributed by atoms with van der Waals surface area (Å²) in [5.74, 6) is 0.298. The standard InChI is InChI=1S/C12H15BrClN3O/c13-9-5-8(1-2-10(9)14)16-7-12(3-4-12)6-11(15)17-18/h1-2,5,16,18H,3-4,6-7H2,(H2,15,17). The van der Waals surface area contributed by atoms with Gasteiger partial charge in [0.05, 0.1) is 5.02 Å². The topological polar surface area (TPSA) is 70.6 Å². The van der Waals surface area contributed by atoms with E-state index in [1.54, 1.807) is 0 Å². The fourth-order valence-corrected chi connectivity index (χ4v) is 2.40. The quantitative estimate of drug-likeness (QED) is 0.335. The number of hydrogen-bond donors (Lipinski definition) is 3. The zero-order valence-corrected chi connectivity index (χ0v) is 12.1. The highest BCUT2D eigenvalue weighted by molar-refractivity contribution is 9.10. The first-order valence-corrected chi connectivity index (χ1v) is 6.87. The summed E-state index contributed by atoms with van der Waals surface area (Å²) in [5, 5.41) is 15.7. The van der Waals surface area contributed by atoms with Crippen molar-refractivity contribution in [1.82, 2.24) is 0 Å². The summed E-state index contributed by atoms with van der Waals surface area (Å²) in [5.41, 5.74) is 6.71. The van der Waals surface area contributed by atoms with Crippen molar-refractivity contribution in [3.8, 4) is 0 Å². The second-order valence-electron chi connectivity index (χ2n) is 4.75. The fraction of sp³-hybridized carbons (Fsp3) is 0.417. The predicted molar refractivity (Wildman–Crippen MR) is 77.3 cm³/mol. The molecule has 0 heterocycles. The Balaban J connectivity index is 1.93. The van der Waals surface area contributed by atoms with E-state index in [1.807, 2.05) is 18.2 Å². The highest BCUT2D eigenvalue weighted by Crippen LogP contribution is 2.48. The molecule has 98 valence electrons. The molecule has 0 spiro atoms. The minimum atomic E-state index is 0.141. The Morgan fingerprint density at radius 2 is 2.28 bits per heavy atom. The molecule has 1 aliphatic rings. The zero-order valence-electron chi connectivity index (χ0n) is 9.79. The SMILES string of the molecule is NC(CC1(CNc2ccc(Cl)c(Br)c2)CC1)=NO. The minimum absolute atomic E-state index is 0.141. The van der Waals surface area contributed by atoms with E-state index in [1.165, 1.54) is 0 Å². The molecule has 0 radical (unpaired) electrons. The summed E-state index contributed by atoms with van der Waals surface area (Å²) in [6, 6.07) is 5.73. The molecule has 0 atom stereocenters. The van der Waals surface area contributed by atoms with Gasteiger partial charge < -0.3 is 16.3 Å². The van der Waals surface area contributed by atoms with Crippen molar-refractivity contribution in [1.29, 1.82) is 0 Å². The number of anilines is 1. The van der Waals surface area contributed by atoms with Gasteiger partial charge in [-0.05, 0) is 52.4 Å². The molecule has 6 heteroatoms. The van der Waals surface area contributed by atoms with Crippen LogP contribution in [-0.2, 0) is 0 Å². The summed E-state index contributed by atoms with van der Waals surface area (Å²) in [6.07, 6.45) is 2.83. The van der Waals surface area contributed by atoms with Gasteiger partial charge in [-0.1, -0.05) is 16.8 Å². The molecule has 0 aliphatic heterocycles. The molecule has 0 amide bonds. The normalized spacial score (nSPS) is 17.6. The van der Waals surface area contributed by atoms with Crippen LogP contribution in [0.2, 0.25) is 5.02 Å². The Hall–Kier alpha value is -0.940. The maximum Gasteiger partial charge on any atom is 0.139 e. The van der Waals surface area contributed by atoms with Crippen molar-refractivity contribution < 1.29 is 5.21 Å². The van der Waals surface area contributed by atoms with Gasteiger partial charge in [-0.2, -0.15) is 0 Å². The van der Waals surface area contributed by atoms with E-state index in [-0.39, 0.29) is 5.41 Å².